The van der Waals surface area contributed by atoms with Crippen LogP contribution in [0.25, 0.3) is 0 Å². The van der Waals surface area contributed by atoms with Crippen molar-refractivity contribution in [1.82, 2.24) is 10.3 Å². The normalized spacial score (nSPS) is 16.4. The Morgan fingerprint density at radius 2 is 1.95 bits per heavy atom. The van der Waals surface area contributed by atoms with Crippen molar-refractivity contribution in [2.45, 2.75) is 45.6 Å². The van der Waals surface area contributed by atoms with E-state index in [2.05, 4.69) is 50.4 Å². The first-order valence-corrected chi connectivity index (χ1v) is 8.28. The maximum atomic E-state index is 4.86. The van der Waals surface area contributed by atoms with Gasteiger partial charge in [-0.1, -0.05) is 31.2 Å². The summed E-state index contributed by atoms with van der Waals surface area (Å²) in [6.07, 6.45) is 2.30. The lowest BCUT2D eigenvalue weighted by atomic mass is 10.1. The molecule has 0 spiro atoms. The van der Waals surface area contributed by atoms with Gasteiger partial charge in [-0.3, -0.25) is 0 Å². The molecule has 1 N–H and O–H groups in total. The summed E-state index contributed by atoms with van der Waals surface area (Å²) in [5, 5.41) is 4.81. The van der Waals surface area contributed by atoms with Crippen LogP contribution in [0, 0.1) is 6.92 Å². The van der Waals surface area contributed by atoms with Crippen LogP contribution >= 0.6 is 11.3 Å². The number of nitrogens with one attached hydrogen (secondary N) is 1. The maximum absolute atomic E-state index is 4.86. The molecule has 106 valence electrons. The predicted octanol–water partition coefficient (Wildman–Crippen LogP) is 4.00. The smallest absolute Gasteiger partial charge is 0.0969 e. The summed E-state index contributed by atoms with van der Waals surface area (Å²) in [7, 11) is 0. The van der Waals surface area contributed by atoms with Crippen molar-refractivity contribution in [2.75, 3.05) is 6.54 Å². The zero-order chi connectivity index (χ0) is 14.1. The van der Waals surface area contributed by atoms with Crippen LogP contribution in [-0.2, 0) is 12.8 Å². The summed E-state index contributed by atoms with van der Waals surface area (Å²) in [5.74, 6) is 0.582. The lowest BCUT2D eigenvalue weighted by Gasteiger charge is -2.10. The number of benzene rings is 1. The number of rotatable bonds is 4. The summed E-state index contributed by atoms with van der Waals surface area (Å²) in [4.78, 5) is 6.26. The molecule has 3 heteroatoms. The van der Waals surface area contributed by atoms with Crippen LogP contribution in [0.15, 0.2) is 24.3 Å². The van der Waals surface area contributed by atoms with Gasteiger partial charge < -0.3 is 5.32 Å². The highest BCUT2D eigenvalue weighted by molar-refractivity contribution is 7.11. The van der Waals surface area contributed by atoms with Crippen molar-refractivity contribution in [1.29, 1.82) is 0 Å². The summed E-state index contributed by atoms with van der Waals surface area (Å²) >= 11 is 1.90. The molecule has 0 radical (unpaired) electrons. The monoisotopic (exact) mass is 286 g/mol. The summed E-state index contributed by atoms with van der Waals surface area (Å²) in [5.41, 5.74) is 4.22. The van der Waals surface area contributed by atoms with Crippen molar-refractivity contribution in [3.63, 3.8) is 0 Å². The Morgan fingerprint density at radius 1 is 1.30 bits per heavy atom. The SMILES string of the molecule is CCNC(C)c1sc(C2Cc3ccccc3C2)nc1C. The standard InChI is InChI=1S/C17H22N2S/c1-4-18-11(2)16-12(3)19-17(20-16)15-9-13-7-5-6-8-14(13)10-15/h5-8,11,15,18H,4,9-10H2,1-3H3. The highest BCUT2D eigenvalue weighted by atomic mass is 32.1. The number of thiazole rings is 1. The van der Waals surface area contributed by atoms with Crippen LogP contribution in [-0.4, -0.2) is 11.5 Å². The highest BCUT2D eigenvalue weighted by Gasteiger charge is 2.26. The van der Waals surface area contributed by atoms with Gasteiger partial charge in [0.05, 0.1) is 10.7 Å². The van der Waals surface area contributed by atoms with Gasteiger partial charge in [0.25, 0.3) is 0 Å². The van der Waals surface area contributed by atoms with E-state index < -0.39 is 0 Å². The number of aryl methyl sites for hydroxylation is 1. The van der Waals surface area contributed by atoms with E-state index in [0.717, 1.165) is 19.4 Å². The van der Waals surface area contributed by atoms with Crippen LogP contribution in [0.1, 0.15) is 52.5 Å². The fraction of sp³-hybridized carbons (Fsp3) is 0.471. The molecule has 0 amide bonds. The fourth-order valence-corrected chi connectivity index (χ4v) is 4.33. The Labute approximate surface area is 125 Å². The zero-order valence-electron chi connectivity index (χ0n) is 12.4. The van der Waals surface area contributed by atoms with E-state index in [-0.39, 0.29) is 0 Å². The van der Waals surface area contributed by atoms with Crippen LogP contribution in [0.5, 0.6) is 0 Å². The average molecular weight is 286 g/mol. The third-order valence-electron chi connectivity index (χ3n) is 4.15. The largest absolute Gasteiger partial charge is 0.310 e. The lowest BCUT2D eigenvalue weighted by Crippen LogP contribution is -2.17. The van der Waals surface area contributed by atoms with Gasteiger partial charge in [0.2, 0.25) is 0 Å². The minimum atomic E-state index is 0.412. The Kier molecular flexibility index (Phi) is 3.90. The van der Waals surface area contributed by atoms with E-state index in [0.29, 0.717) is 12.0 Å². The van der Waals surface area contributed by atoms with E-state index in [1.165, 1.54) is 26.7 Å². The molecule has 0 aliphatic heterocycles. The Morgan fingerprint density at radius 3 is 2.55 bits per heavy atom. The van der Waals surface area contributed by atoms with Gasteiger partial charge in [0.1, 0.15) is 0 Å². The molecule has 0 bridgehead atoms. The molecule has 20 heavy (non-hydrogen) atoms. The van der Waals surface area contributed by atoms with E-state index in [1.807, 2.05) is 11.3 Å². The molecule has 1 unspecified atom stereocenters. The topological polar surface area (TPSA) is 24.9 Å². The number of fused-ring (bicyclic) bond motifs is 1. The Bertz CT molecular complexity index is 578. The average Bonchev–Trinajstić information content (AvgIpc) is 3.02. The Hall–Kier alpha value is -1.19. The van der Waals surface area contributed by atoms with Gasteiger partial charge in [-0.2, -0.15) is 0 Å². The second-order valence-electron chi connectivity index (χ2n) is 5.66. The fourth-order valence-electron chi connectivity index (χ4n) is 3.14. The quantitative estimate of drug-likeness (QED) is 0.918. The molecule has 1 aliphatic rings. The first-order chi connectivity index (χ1) is 9.69. The third kappa shape index (κ3) is 2.52. The molecule has 0 saturated carbocycles. The molecule has 1 atom stereocenters. The first kappa shape index (κ1) is 13.8. The molecule has 0 saturated heterocycles. The van der Waals surface area contributed by atoms with Crippen molar-refractivity contribution in [3.05, 3.63) is 51.0 Å². The van der Waals surface area contributed by atoms with Crippen LogP contribution < -0.4 is 5.32 Å². The molecule has 1 aromatic carbocycles. The Balaban J connectivity index is 1.81. The molecule has 1 aromatic heterocycles. The third-order valence-corrected chi connectivity index (χ3v) is 5.66. The van der Waals surface area contributed by atoms with Crippen LogP contribution in [0.2, 0.25) is 0 Å². The van der Waals surface area contributed by atoms with Crippen LogP contribution in [0.3, 0.4) is 0 Å². The number of aromatic nitrogens is 1. The number of hydrogen-bond acceptors (Lipinski definition) is 3. The van der Waals surface area contributed by atoms with Gasteiger partial charge in [-0.25, -0.2) is 4.98 Å². The zero-order valence-corrected chi connectivity index (χ0v) is 13.3. The van der Waals surface area contributed by atoms with Crippen molar-refractivity contribution in [2.24, 2.45) is 0 Å². The minimum Gasteiger partial charge on any atom is -0.310 e. The molecule has 2 nitrogen and oxygen atoms in total. The summed E-state index contributed by atoms with van der Waals surface area (Å²) in [6.45, 7) is 7.53. The van der Waals surface area contributed by atoms with E-state index >= 15 is 0 Å². The molecule has 2 aromatic rings. The predicted molar refractivity (Wildman–Crippen MR) is 85.5 cm³/mol. The van der Waals surface area contributed by atoms with E-state index in [4.69, 9.17) is 4.98 Å². The molecule has 1 heterocycles. The molecular weight excluding hydrogens is 264 g/mol. The minimum absolute atomic E-state index is 0.412. The molecular formula is C17H22N2S. The second kappa shape index (κ2) is 5.66. The van der Waals surface area contributed by atoms with Gasteiger partial charge in [0.15, 0.2) is 0 Å². The summed E-state index contributed by atoms with van der Waals surface area (Å²) in [6, 6.07) is 9.23. The van der Waals surface area contributed by atoms with Crippen molar-refractivity contribution in [3.8, 4) is 0 Å². The van der Waals surface area contributed by atoms with Gasteiger partial charge in [-0.15, -0.1) is 11.3 Å². The molecule has 3 rings (SSSR count). The summed E-state index contributed by atoms with van der Waals surface area (Å²) < 4.78 is 0. The van der Waals surface area contributed by atoms with Crippen molar-refractivity contribution >= 4 is 11.3 Å². The number of nitrogens with zero attached hydrogens (tertiary/aromatic N) is 1. The second-order valence-corrected chi connectivity index (χ2v) is 6.72. The van der Waals surface area contributed by atoms with Crippen LogP contribution in [0.4, 0.5) is 0 Å². The van der Waals surface area contributed by atoms with Crippen molar-refractivity contribution < 1.29 is 0 Å². The van der Waals surface area contributed by atoms with E-state index in [1.54, 1.807) is 0 Å². The van der Waals surface area contributed by atoms with Gasteiger partial charge in [0, 0.05) is 16.8 Å². The maximum Gasteiger partial charge on any atom is 0.0969 e. The van der Waals surface area contributed by atoms with Gasteiger partial charge in [-0.05, 0) is 44.4 Å². The van der Waals surface area contributed by atoms with E-state index in [9.17, 15) is 0 Å². The number of hydrogen-bond donors (Lipinski definition) is 1. The first-order valence-electron chi connectivity index (χ1n) is 7.46. The highest BCUT2D eigenvalue weighted by Crippen LogP contribution is 2.37. The lowest BCUT2D eigenvalue weighted by molar-refractivity contribution is 0.603. The molecule has 0 fully saturated rings. The van der Waals surface area contributed by atoms with Gasteiger partial charge >= 0.3 is 0 Å². The molecule has 1 aliphatic carbocycles.